The lowest BCUT2D eigenvalue weighted by molar-refractivity contribution is 0.400. The van der Waals surface area contributed by atoms with E-state index in [0.29, 0.717) is 28.7 Å². The number of sulfonamides is 1. The van der Waals surface area contributed by atoms with Gasteiger partial charge in [-0.05, 0) is 29.3 Å². The number of benzene rings is 2. The lowest BCUT2D eigenvalue weighted by atomic mass is 10.1. The number of halogens is 3. The fourth-order valence-corrected chi connectivity index (χ4v) is 4.07. The van der Waals surface area contributed by atoms with Crippen LogP contribution in [-0.2, 0) is 16.6 Å². The van der Waals surface area contributed by atoms with Crippen molar-refractivity contribution in [2.24, 2.45) is 5.14 Å². The van der Waals surface area contributed by atoms with Crippen LogP contribution in [-0.4, -0.2) is 30.1 Å². The van der Waals surface area contributed by atoms with Crippen molar-refractivity contribution in [1.29, 1.82) is 0 Å². The van der Waals surface area contributed by atoms with Gasteiger partial charge in [0.25, 0.3) is 0 Å². The zero-order valence-corrected chi connectivity index (χ0v) is 17.6. The molecular weight excluding hydrogens is 450 g/mol. The summed E-state index contributed by atoms with van der Waals surface area (Å²) in [5, 5.41) is 4.95. The molecule has 4 rings (SSSR count). The number of pyridine rings is 1. The molecule has 31 heavy (non-hydrogen) atoms. The number of methoxy groups -OCH3 is 1. The molecule has 7 nitrogen and oxygen atoms in total. The number of nitrogens with two attached hydrogens (primary N) is 1. The third-order valence-electron chi connectivity index (χ3n) is 4.72. The van der Waals surface area contributed by atoms with Crippen LogP contribution in [0.3, 0.4) is 0 Å². The maximum Gasteiger partial charge on any atom is 0.238 e. The van der Waals surface area contributed by atoms with Gasteiger partial charge < -0.3 is 9.30 Å². The maximum atomic E-state index is 14.7. The van der Waals surface area contributed by atoms with Gasteiger partial charge in [-0.1, -0.05) is 30.3 Å². The molecule has 2 heterocycles. The van der Waals surface area contributed by atoms with E-state index < -0.39 is 32.1 Å². The Bertz CT molecular complexity index is 1390. The third kappa shape index (κ3) is 3.85. The van der Waals surface area contributed by atoms with Crippen LogP contribution in [0.2, 0.25) is 5.28 Å². The van der Waals surface area contributed by atoms with Gasteiger partial charge in [0.1, 0.15) is 17.2 Å². The molecule has 11 heteroatoms. The van der Waals surface area contributed by atoms with Crippen molar-refractivity contribution < 1.29 is 21.9 Å². The van der Waals surface area contributed by atoms with Crippen LogP contribution in [0.5, 0.6) is 5.88 Å². The average Bonchev–Trinajstić information content (AvgIpc) is 3.04. The summed E-state index contributed by atoms with van der Waals surface area (Å²) in [5.74, 6) is -1.88. The van der Waals surface area contributed by atoms with Gasteiger partial charge in [-0.25, -0.2) is 32.3 Å². The molecule has 0 spiro atoms. The Labute approximate surface area is 181 Å². The highest BCUT2D eigenvalue weighted by Crippen LogP contribution is 2.37. The van der Waals surface area contributed by atoms with Crippen molar-refractivity contribution in [3.8, 4) is 17.0 Å². The van der Waals surface area contributed by atoms with Crippen molar-refractivity contribution in [3.05, 3.63) is 71.1 Å². The molecule has 0 aliphatic carbocycles. The molecule has 160 valence electrons. The van der Waals surface area contributed by atoms with Crippen molar-refractivity contribution in [2.75, 3.05) is 7.11 Å². The predicted octanol–water partition coefficient (Wildman–Crippen LogP) is 3.73. The molecule has 2 aromatic carbocycles. The van der Waals surface area contributed by atoms with E-state index in [1.54, 1.807) is 0 Å². The van der Waals surface area contributed by atoms with Crippen LogP contribution in [0, 0.1) is 11.6 Å². The number of imidazole rings is 1. The summed E-state index contributed by atoms with van der Waals surface area (Å²) in [6.45, 7) is -0.356. The van der Waals surface area contributed by atoms with Gasteiger partial charge in [-0.15, -0.1) is 0 Å². The summed E-state index contributed by atoms with van der Waals surface area (Å²) >= 11 is 6.30. The second kappa shape index (κ2) is 7.88. The zero-order valence-electron chi connectivity index (χ0n) is 16.0. The molecule has 0 saturated heterocycles. The number of aromatic nitrogens is 3. The smallest absolute Gasteiger partial charge is 0.238 e. The molecular formula is C20H15ClF2N4O3S. The van der Waals surface area contributed by atoms with Crippen LogP contribution in [0.15, 0.2) is 53.6 Å². The Balaban J connectivity index is 1.95. The van der Waals surface area contributed by atoms with E-state index in [1.165, 1.54) is 17.9 Å². The SMILES string of the molecule is COc1ncc2nc(Cl)n(Cc3c(F)cc(S(N)(=O)=O)cc3F)c2c1-c1ccccc1. The Kier molecular flexibility index (Phi) is 5.38. The van der Waals surface area contributed by atoms with Gasteiger partial charge in [0.05, 0.1) is 35.8 Å². The van der Waals surface area contributed by atoms with Gasteiger partial charge in [0.2, 0.25) is 21.2 Å². The molecule has 0 fully saturated rings. The quantitative estimate of drug-likeness (QED) is 0.485. The topological polar surface area (TPSA) is 100 Å². The summed E-state index contributed by atoms with van der Waals surface area (Å²) < 4.78 is 59.0. The van der Waals surface area contributed by atoms with Crippen molar-refractivity contribution in [2.45, 2.75) is 11.4 Å². The zero-order chi connectivity index (χ0) is 22.3. The van der Waals surface area contributed by atoms with E-state index in [0.717, 1.165) is 5.56 Å². The van der Waals surface area contributed by atoms with Crippen LogP contribution in [0.4, 0.5) is 8.78 Å². The minimum absolute atomic E-state index is 0.0310. The first-order valence-corrected chi connectivity index (χ1v) is 10.8. The summed E-state index contributed by atoms with van der Waals surface area (Å²) in [7, 11) is -2.82. The predicted molar refractivity (Wildman–Crippen MR) is 111 cm³/mol. The summed E-state index contributed by atoms with van der Waals surface area (Å²) in [5.41, 5.74) is 1.73. The van der Waals surface area contributed by atoms with Gasteiger partial charge >= 0.3 is 0 Å². The Morgan fingerprint density at radius 3 is 2.39 bits per heavy atom. The lowest BCUT2D eigenvalue weighted by Gasteiger charge is -2.14. The minimum atomic E-state index is -4.27. The van der Waals surface area contributed by atoms with E-state index in [-0.39, 0.29) is 17.7 Å². The third-order valence-corrected chi connectivity index (χ3v) is 5.90. The largest absolute Gasteiger partial charge is 0.480 e. The highest BCUT2D eigenvalue weighted by atomic mass is 35.5. The van der Waals surface area contributed by atoms with Gasteiger partial charge in [-0.3, -0.25) is 0 Å². The first-order chi connectivity index (χ1) is 14.7. The van der Waals surface area contributed by atoms with Crippen LogP contribution >= 0.6 is 11.6 Å². The number of ether oxygens (including phenoxy) is 1. The van der Waals surface area contributed by atoms with Gasteiger partial charge in [0.15, 0.2) is 0 Å². The van der Waals surface area contributed by atoms with E-state index in [9.17, 15) is 17.2 Å². The molecule has 4 aromatic rings. The number of fused-ring (bicyclic) bond motifs is 1. The van der Waals surface area contributed by atoms with Crippen LogP contribution < -0.4 is 9.88 Å². The molecule has 0 radical (unpaired) electrons. The highest BCUT2D eigenvalue weighted by molar-refractivity contribution is 7.89. The number of hydrogen-bond donors (Lipinski definition) is 1. The van der Waals surface area contributed by atoms with E-state index in [4.69, 9.17) is 21.5 Å². The molecule has 0 aliphatic heterocycles. The molecule has 2 N–H and O–H groups in total. The summed E-state index contributed by atoms with van der Waals surface area (Å²) in [6, 6.07) is 10.5. The molecule has 0 bridgehead atoms. The maximum absolute atomic E-state index is 14.7. The first-order valence-electron chi connectivity index (χ1n) is 8.85. The fourth-order valence-electron chi connectivity index (χ4n) is 3.30. The number of rotatable bonds is 5. The molecule has 0 saturated carbocycles. The van der Waals surface area contributed by atoms with Crippen LogP contribution in [0.25, 0.3) is 22.2 Å². The number of nitrogens with zero attached hydrogens (tertiary/aromatic N) is 3. The summed E-state index contributed by atoms with van der Waals surface area (Å²) in [6.07, 6.45) is 1.44. The molecule has 0 atom stereocenters. The average molecular weight is 465 g/mol. The Hall–Kier alpha value is -3.08. The van der Waals surface area contributed by atoms with E-state index >= 15 is 0 Å². The van der Waals surface area contributed by atoms with E-state index in [1.807, 2.05) is 30.3 Å². The van der Waals surface area contributed by atoms with Crippen LogP contribution in [0.1, 0.15) is 5.56 Å². The molecule has 0 amide bonds. The Morgan fingerprint density at radius 1 is 1.16 bits per heavy atom. The van der Waals surface area contributed by atoms with Crippen molar-refractivity contribution in [3.63, 3.8) is 0 Å². The normalized spacial score (nSPS) is 11.8. The fraction of sp³-hybridized carbons (Fsp3) is 0.100. The number of hydrogen-bond acceptors (Lipinski definition) is 5. The first kappa shape index (κ1) is 21.2. The standard InChI is InChI=1S/C20H15ClF2N4O3S/c1-30-19-17(11-5-3-2-4-6-11)18-16(9-25-19)26-20(21)27(18)10-13-14(22)7-12(8-15(13)23)31(24,28)29/h2-9H,10H2,1H3,(H2,24,28,29). The lowest BCUT2D eigenvalue weighted by Crippen LogP contribution is -2.14. The van der Waals surface area contributed by atoms with Gasteiger partial charge in [-0.2, -0.15) is 0 Å². The van der Waals surface area contributed by atoms with E-state index in [2.05, 4.69) is 9.97 Å². The second-order valence-electron chi connectivity index (χ2n) is 6.62. The molecule has 0 unspecified atom stereocenters. The highest BCUT2D eigenvalue weighted by Gasteiger charge is 2.23. The monoisotopic (exact) mass is 464 g/mol. The van der Waals surface area contributed by atoms with Crippen molar-refractivity contribution >= 4 is 32.7 Å². The summed E-state index contributed by atoms with van der Waals surface area (Å²) in [4.78, 5) is 7.82. The second-order valence-corrected chi connectivity index (χ2v) is 8.52. The molecule has 0 aliphatic rings. The minimum Gasteiger partial charge on any atom is -0.480 e. The Morgan fingerprint density at radius 2 is 1.81 bits per heavy atom. The van der Waals surface area contributed by atoms with Gasteiger partial charge in [0, 0.05) is 5.56 Å². The number of primary sulfonamides is 1. The molecule has 2 aromatic heterocycles. The van der Waals surface area contributed by atoms with Crippen molar-refractivity contribution in [1.82, 2.24) is 14.5 Å².